The van der Waals surface area contributed by atoms with Gasteiger partial charge in [0.1, 0.15) is 0 Å². The smallest absolute Gasteiger partial charge is 0.375 e. The molecule has 10 heteroatoms. The van der Waals surface area contributed by atoms with E-state index in [1.165, 1.54) is 6.20 Å². The number of benzene rings is 1. The number of carbonyl (C=O) groups is 1. The van der Waals surface area contributed by atoms with Crippen molar-refractivity contribution in [3.8, 4) is 0 Å². The molecule has 0 radical (unpaired) electrons. The van der Waals surface area contributed by atoms with E-state index in [1.807, 2.05) is 0 Å². The van der Waals surface area contributed by atoms with Crippen LogP contribution in [-0.2, 0) is 20.1 Å². The fraction of sp³-hybridized carbons (Fsp3) is 0.412. The lowest BCUT2D eigenvalue weighted by Gasteiger charge is -2.31. The predicted molar refractivity (Wildman–Crippen MR) is 94.2 cm³/mol. The maximum absolute atomic E-state index is 13.7. The van der Waals surface area contributed by atoms with E-state index in [0.717, 1.165) is 6.07 Å². The Morgan fingerprint density at radius 2 is 1.93 bits per heavy atom. The Balaban J connectivity index is 1.97. The van der Waals surface area contributed by atoms with Gasteiger partial charge in [0.25, 0.3) is 5.91 Å². The van der Waals surface area contributed by atoms with Crippen LogP contribution in [0, 0.1) is 0 Å². The highest BCUT2D eigenvalue weighted by molar-refractivity contribution is 7.93. The third-order valence-electron chi connectivity index (χ3n) is 4.63. The highest BCUT2D eigenvalue weighted by atomic mass is 32.2. The molecule has 0 spiro atoms. The van der Waals surface area contributed by atoms with Crippen LogP contribution >= 0.6 is 0 Å². The number of pyridine rings is 1. The zero-order valence-electron chi connectivity index (χ0n) is 14.1. The maximum atomic E-state index is 13.7. The van der Waals surface area contributed by atoms with Crippen LogP contribution in [0.3, 0.4) is 0 Å². The second kappa shape index (κ2) is 6.84. The summed E-state index contributed by atoms with van der Waals surface area (Å²) in [6.07, 6.45) is -4.64. The summed E-state index contributed by atoms with van der Waals surface area (Å²) >= 11 is 0. The van der Waals surface area contributed by atoms with Gasteiger partial charge in [-0.3, -0.25) is 9.78 Å². The average Bonchev–Trinajstić information content (AvgIpc) is 2.62. The molecule has 1 amide bonds. The van der Waals surface area contributed by atoms with Gasteiger partial charge >= 0.3 is 6.18 Å². The van der Waals surface area contributed by atoms with Gasteiger partial charge in [-0.1, -0.05) is 24.3 Å². The molecule has 0 fully saturated rings. The standard InChI is InChI=1S/C17H18F3N3O3S/c18-17(19,20)16(25,6-8-27(26)7-5-13(21)15(24)23-27)14-9-11-3-1-2-4-12(11)10-22-14/h1-4,9-10,13,25H,5-8,21H2/t13-,16?,27?/m0/s1. The molecule has 0 bridgehead atoms. The van der Waals surface area contributed by atoms with Crippen molar-refractivity contribution in [2.24, 2.45) is 10.1 Å². The Labute approximate surface area is 153 Å². The molecular weight excluding hydrogens is 383 g/mol. The zero-order chi connectivity index (χ0) is 19.9. The monoisotopic (exact) mass is 401 g/mol. The van der Waals surface area contributed by atoms with E-state index in [9.17, 15) is 27.3 Å². The first-order valence-electron chi connectivity index (χ1n) is 8.20. The van der Waals surface area contributed by atoms with Crippen molar-refractivity contribution in [1.29, 1.82) is 0 Å². The number of alkyl halides is 3. The highest BCUT2D eigenvalue weighted by Crippen LogP contribution is 2.42. The summed E-state index contributed by atoms with van der Waals surface area (Å²) < 4.78 is 57.2. The fourth-order valence-corrected chi connectivity index (χ4v) is 4.98. The molecule has 1 aromatic heterocycles. The van der Waals surface area contributed by atoms with Crippen LogP contribution in [0.5, 0.6) is 0 Å². The van der Waals surface area contributed by atoms with Crippen molar-refractivity contribution in [3.63, 3.8) is 0 Å². The van der Waals surface area contributed by atoms with E-state index >= 15 is 0 Å². The van der Waals surface area contributed by atoms with Gasteiger partial charge in [0.2, 0.25) is 5.60 Å². The third-order valence-corrected chi connectivity index (χ3v) is 6.86. The third kappa shape index (κ3) is 3.83. The molecule has 0 saturated carbocycles. The number of carbonyl (C=O) groups excluding carboxylic acids is 1. The molecule has 0 aliphatic carbocycles. The Bertz CT molecular complexity index is 1000. The average molecular weight is 401 g/mol. The van der Waals surface area contributed by atoms with Crippen molar-refractivity contribution in [2.75, 3.05) is 11.5 Å². The van der Waals surface area contributed by atoms with Crippen molar-refractivity contribution in [2.45, 2.75) is 30.7 Å². The molecule has 1 aliphatic rings. The number of aliphatic hydroxyl groups is 1. The number of hydrogen-bond donors (Lipinski definition) is 2. The van der Waals surface area contributed by atoms with Gasteiger partial charge in [0.05, 0.1) is 21.5 Å². The second-order valence-corrected chi connectivity index (χ2v) is 9.07. The minimum absolute atomic E-state index is 0.0832. The number of aromatic nitrogens is 1. The summed E-state index contributed by atoms with van der Waals surface area (Å²) in [5.74, 6) is -1.46. The van der Waals surface area contributed by atoms with Crippen molar-refractivity contribution < 1.29 is 27.3 Å². The molecule has 1 aromatic carbocycles. The van der Waals surface area contributed by atoms with Crippen LogP contribution < -0.4 is 5.73 Å². The largest absolute Gasteiger partial charge is 0.423 e. The number of fused-ring (bicyclic) bond motifs is 1. The summed E-state index contributed by atoms with van der Waals surface area (Å²) in [7, 11) is -3.21. The Morgan fingerprint density at radius 3 is 2.56 bits per heavy atom. The summed E-state index contributed by atoms with van der Waals surface area (Å²) in [4.78, 5) is 15.4. The minimum atomic E-state index is -5.05. The van der Waals surface area contributed by atoms with Crippen molar-refractivity contribution >= 4 is 26.4 Å². The van der Waals surface area contributed by atoms with Crippen LogP contribution in [0.4, 0.5) is 13.2 Å². The van der Waals surface area contributed by atoms with Crippen LogP contribution in [0.25, 0.3) is 10.8 Å². The molecule has 3 atom stereocenters. The van der Waals surface area contributed by atoms with Gasteiger partial charge in [0, 0.05) is 29.5 Å². The Hall–Kier alpha value is -2.04. The first kappa shape index (κ1) is 19.7. The summed E-state index contributed by atoms with van der Waals surface area (Å²) in [6, 6.07) is 6.94. The van der Waals surface area contributed by atoms with Crippen LogP contribution in [0.2, 0.25) is 0 Å². The molecule has 2 heterocycles. The molecule has 2 unspecified atom stereocenters. The molecule has 146 valence electrons. The van der Waals surface area contributed by atoms with E-state index < -0.39 is 51.3 Å². The SMILES string of the molecule is N[C@H]1CCS(=O)(CCC(O)(c2cc3ccccc3cn2)C(F)(F)F)=NC1=O. The summed E-state index contributed by atoms with van der Waals surface area (Å²) in [5, 5.41) is 11.6. The van der Waals surface area contributed by atoms with Crippen LogP contribution in [-0.4, -0.2) is 43.9 Å². The number of nitrogens with two attached hydrogens (primary N) is 1. The molecule has 6 nitrogen and oxygen atoms in total. The number of hydrogen-bond acceptors (Lipinski definition) is 5. The Morgan fingerprint density at radius 1 is 1.26 bits per heavy atom. The molecule has 3 rings (SSSR count). The summed E-state index contributed by atoms with van der Waals surface area (Å²) in [6.45, 7) is 0. The topological polar surface area (TPSA) is 106 Å². The quantitative estimate of drug-likeness (QED) is 0.816. The van der Waals surface area contributed by atoms with E-state index in [-0.39, 0.29) is 12.2 Å². The number of nitrogens with zero attached hydrogens (tertiary/aromatic N) is 2. The molecule has 0 saturated heterocycles. The van der Waals surface area contributed by atoms with Crippen molar-refractivity contribution in [3.05, 3.63) is 42.2 Å². The molecule has 2 aromatic rings. The van der Waals surface area contributed by atoms with E-state index in [0.29, 0.717) is 10.8 Å². The normalized spacial score (nSPS) is 25.8. The lowest BCUT2D eigenvalue weighted by atomic mass is 9.94. The van der Waals surface area contributed by atoms with Crippen molar-refractivity contribution in [1.82, 2.24) is 4.98 Å². The first-order valence-corrected chi connectivity index (χ1v) is 10.1. The van der Waals surface area contributed by atoms with Gasteiger partial charge in [-0.15, -0.1) is 0 Å². The highest BCUT2D eigenvalue weighted by Gasteiger charge is 2.56. The number of halogens is 3. The van der Waals surface area contributed by atoms with Gasteiger partial charge in [0.15, 0.2) is 0 Å². The maximum Gasteiger partial charge on any atom is 0.423 e. The summed E-state index contributed by atoms with van der Waals surface area (Å²) in [5.41, 5.74) is 1.59. The fourth-order valence-electron chi connectivity index (χ4n) is 2.89. The van der Waals surface area contributed by atoms with Gasteiger partial charge < -0.3 is 10.8 Å². The number of amides is 1. The lowest BCUT2D eigenvalue weighted by Crippen LogP contribution is -2.45. The van der Waals surface area contributed by atoms with E-state index in [1.54, 1.807) is 24.3 Å². The van der Waals surface area contributed by atoms with Gasteiger partial charge in [-0.05, 0) is 17.9 Å². The predicted octanol–water partition coefficient (Wildman–Crippen LogP) is 2.10. The lowest BCUT2D eigenvalue weighted by molar-refractivity contribution is -0.268. The molecular formula is C17H18F3N3O3S. The zero-order valence-corrected chi connectivity index (χ0v) is 15.0. The van der Waals surface area contributed by atoms with Crippen LogP contribution in [0.15, 0.2) is 40.9 Å². The van der Waals surface area contributed by atoms with Gasteiger partial charge in [-0.2, -0.15) is 17.5 Å². The number of rotatable bonds is 4. The molecule has 3 N–H and O–H groups in total. The molecule has 27 heavy (non-hydrogen) atoms. The first-order chi connectivity index (χ1) is 12.5. The Kier molecular flexibility index (Phi) is 5.00. The molecule has 1 aliphatic heterocycles. The minimum Gasteiger partial charge on any atom is -0.375 e. The second-order valence-electron chi connectivity index (χ2n) is 6.53. The van der Waals surface area contributed by atoms with E-state index in [2.05, 4.69) is 9.35 Å². The van der Waals surface area contributed by atoms with E-state index in [4.69, 9.17) is 5.73 Å². The van der Waals surface area contributed by atoms with Gasteiger partial charge in [-0.25, -0.2) is 4.21 Å². The van der Waals surface area contributed by atoms with Crippen LogP contribution in [0.1, 0.15) is 18.5 Å².